The van der Waals surface area contributed by atoms with E-state index in [-0.39, 0.29) is 5.78 Å². The highest BCUT2D eigenvalue weighted by Crippen LogP contribution is 2.26. The second-order valence-electron chi connectivity index (χ2n) is 5.02. The Hall–Kier alpha value is -1.89. The zero-order valence-corrected chi connectivity index (χ0v) is 11.8. The van der Waals surface area contributed by atoms with Crippen LogP contribution in [-0.2, 0) is 0 Å². The van der Waals surface area contributed by atoms with Gasteiger partial charge in [-0.05, 0) is 30.4 Å². The zero-order chi connectivity index (χ0) is 13.8. The van der Waals surface area contributed by atoms with Crippen molar-refractivity contribution in [1.29, 1.82) is 0 Å². The lowest BCUT2D eigenvalue weighted by Crippen LogP contribution is -2.06. The minimum atomic E-state index is 0.114. The summed E-state index contributed by atoms with van der Waals surface area (Å²) in [5, 5.41) is 0. The van der Waals surface area contributed by atoms with Crippen molar-refractivity contribution < 1.29 is 4.79 Å². The number of benzene rings is 2. The van der Waals surface area contributed by atoms with Gasteiger partial charge in [-0.1, -0.05) is 62.4 Å². The molecule has 1 heteroatoms. The number of carbonyl (C=O) groups is 1. The molecule has 0 saturated heterocycles. The van der Waals surface area contributed by atoms with Crippen molar-refractivity contribution in [1.82, 2.24) is 0 Å². The molecule has 0 aliphatic carbocycles. The van der Waals surface area contributed by atoms with Gasteiger partial charge in [0.25, 0.3) is 0 Å². The van der Waals surface area contributed by atoms with Gasteiger partial charge in [0.1, 0.15) is 0 Å². The monoisotopic (exact) mass is 252 g/mol. The van der Waals surface area contributed by atoms with E-state index >= 15 is 0 Å². The average molecular weight is 252 g/mol. The number of hydrogen-bond donors (Lipinski definition) is 0. The first kappa shape index (κ1) is 13.5. The molecule has 1 unspecified atom stereocenters. The zero-order valence-electron chi connectivity index (χ0n) is 11.8. The van der Waals surface area contributed by atoms with Crippen molar-refractivity contribution in [2.75, 3.05) is 0 Å². The Kier molecular flexibility index (Phi) is 4.16. The third kappa shape index (κ3) is 2.76. The van der Waals surface area contributed by atoms with E-state index in [0.29, 0.717) is 5.92 Å². The average Bonchev–Trinajstić information content (AvgIpc) is 2.47. The Morgan fingerprint density at radius 1 is 1.05 bits per heavy atom. The molecule has 2 aromatic carbocycles. The van der Waals surface area contributed by atoms with Crippen molar-refractivity contribution in [3.05, 3.63) is 70.8 Å². The summed E-state index contributed by atoms with van der Waals surface area (Å²) in [5.74, 6) is 0.603. The van der Waals surface area contributed by atoms with E-state index in [9.17, 15) is 4.79 Å². The van der Waals surface area contributed by atoms with E-state index < -0.39 is 0 Å². The summed E-state index contributed by atoms with van der Waals surface area (Å²) < 4.78 is 0. The smallest absolute Gasteiger partial charge is 0.193 e. The molecule has 0 aromatic heterocycles. The van der Waals surface area contributed by atoms with Crippen molar-refractivity contribution in [3.63, 3.8) is 0 Å². The summed E-state index contributed by atoms with van der Waals surface area (Å²) in [6.45, 7) is 6.44. The topological polar surface area (TPSA) is 17.1 Å². The Labute approximate surface area is 115 Å². The Balaban J connectivity index is 2.44. The minimum Gasteiger partial charge on any atom is -0.289 e. The van der Waals surface area contributed by atoms with Gasteiger partial charge in [-0.2, -0.15) is 0 Å². The molecule has 0 bridgehead atoms. The standard InChI is InChI=1S/C18H20O/c1-4-13(2)16-11-8-12-17(14(16)3)18(19)15-9-6-5-7-10-15/h5-13H,4H2,1-3H3. The first-order valence-electron chi connectivity index (χ1n) is 6.84. The van der Waals surface area contributed by atoms with Crippen LogP contribution in [0.15, 0.2) is 48.5 Å². The lowest BCUT2D eigenvalue weighted by Gasteiger charge is -2.15. The van der Waals surface area contributed by atoms with E-state index in [2.05, 4.69) is 26.8 Å². The molecule has 0 saturated carbocycles. The fourth-order valence-corrected chi connectivity index (χ4v) is 2.40. The van der Waals surface area contributed by atoms with Crippen molar-refractivity contribution >= 4 is 5.78 Å². The molecule has 1 nitrogen and oxygen atoms in total. The van der Waals surface area contributed by atoms with E-state index in [0.717, 1.165) is 23.1 Å². The van der Waals surface area contributed by atoms with Crippen molar-refractivity contribution in [2.24, 2.45) is 0 Å². The van der Waals surface area contributed by atoms with Crippen LogP contribution in [0, 0.1) is 6.92 Å². The SMILES string of the molecule is CCC(C)c1cccc(C(=O)c2ccccc2)c1C. The van der Waals surface area contributed by atoms with Gasteiger partial charge in [0.05, 0.1) is 0 Å². The first-order valence-corrected chi connectivity index (χ1v) is 6.84. The summed E-state index contributed by atoms with van der Waals surface area (Å²) in [6, 6.07) is 15.5. The summed E-state index contributed by atoms with van der Waals surface area (Å²) in [5.41, 5.74) is 3.98. The van der Waals surface area contributed by atoms with Gasteiger partial charge in [-0.3, -0.25) is 4.79 Å². The molecule has 0 aliphatic rings. The minimum absolute atomic E-state index is 0.114. The lowest BCUT2D eigenvalue weighted by atomic mass is 9.89. The second kappa shape index (κ2) is 5.83. The maximum absolute atomic E-state index is 12.5. The summed E-state index contributed by atoms with van der Waals surface area (Å²) >= 11 is 0. The molecule has 2 aromatic rings. The van der Waals surface area contributed by atoms with Crippen LogP contribution in [0.3, 0.4) is 0 Å². The highest BCUT2D eigenvalue weighted by Gasteiger charge is 2.15. The molecule has 0 spiro atoms. The van der Waals surface area contributed by atoms with Gasteiger partial charge < -0.3 is 0 Å². The second-order valence-corrected chi connectivity index (χ2v) is 5.02. The number of carbonyl (C=O) groups excluding carboxylic acids is 1. The van der Waals surface area contributed by atoms with Gasteiger partial charge in [0.2, 0.25) is 0 Å². The Bertz CT molecular complexity index is 569. The molecule has 0 radical (unpaired) electrons. The number of rotatable bonds is 4. The van der Waals surface area contributed by atoms with Crippen LogP contribution < -0.4 is 0 Å². The molecule has 2 rings (SSSR count). The maximum Gasteiger partial charge on any atom is 0.193 e. The normalized spacial score (nSPS) is 12.2. The van der Waals surface area contributed by atoms with Gasteiger partial charge in [0.15, 0.2) is 5.78 Å². The first-order chi connectivity index (χ1) is 9.15. The van der Waals surface area contributed by atoms with E-state index in [4.69, 9.17) is 0 Å². The third-order valence-corrected chi connectivity index (χ3v) is 3.80. The van der Waals surface area contributed by atoms with Crippen LogP contribution in [0.1, 0.15) is 53.2 Å². The van der Waals surface area contributed by atoms with Gasteiger partial charge in [-0.15, -0.1) is 0 Å². The van der Waals surface area contributed by atoms with Crippen LogP contribution in [0.25, 0.3) is 0 Å². The predicted molar refractivity (Wildman–Crippen MR) is 79.8 cm³/mol. The molecule has 1 atom stereocenters. The highest BCUT2D eigenvalue weighted by molar-refractivity contribution is 6.10. The molecular weight excluding hydrogens is 232 g/mol. The maximum atomic E-state index is 12.5. The fourth-order valence-electron chi connectivity index (χ4n) is 2.40. The van der Waals surface area contributed by atoms with Crippen LogP contribution in [-0.4, -0.2) is 5.78 Å². The molecule has 19 heavy (non-hydrogen) atoms. The van der Waals surface area contributed by atoms with Crippen LogP contribution >= 0.6 is 0 Å². The molecule has 0 N–H and O–H groups in total. The van der Waals surface area contributed by atoms with Gasteiger partial charge >= 0.3 is 0 Å². The largest absolute Gasteiger partial charge is 0.289 e. The van der Waals surface area contributed by atoms with Crippen molar-refractivity contribution in [3.8, 4) is 0 Å². The Morgan fingerprint density at radius 2 is 1.74 bits per heavy atom. The molecule has 0 amide bonds. The molecule has 0 heterocycles. The lowest BCUT2D eigenvalue weighted by molar-refractivity contribution is 0.103. The predicted octanol–water partition coefficient (Wildman–Crippen LogP) is 4.74. The van der Waals surface area contributed by atoms with Crippen molar-refractivity contribution in [2.45, 2.75) is 33.1 Å². The summed E-state index contributed by atoms with van der Waals surface area (Å²) in [7, 11) is 0. The number of hydrogen-bond acceptors (Lipinski definition) is 1. The van der Waals surface area contributed by atoms with Crippen LogP contribution in [0.4, 0.5) is 0 Å². The third-order valence-electron chi connectivity index (χ3n) is 3.80. The van der Waals surface area contributed by atoms with Crippen LogP contribution in [0.2, 0.25) is 0 Å². The Morgan fingerprint density at radius 3 is 2.37 bits per heavy atom. The number of ketones is 1. The summed E-state index contributed by atoms with van der Waals surface area (Å²) in [6.07, 6.45) is 1.09. The quantitative estimate of drug-likeness (QED) is 0.718. The molecule has 0 aliphatic heterocycles. The van der Waals surface area contributed by atoms with E-state index in [1.54, 1.807) is 0 Å². The van der Waals surface area contributed by atoms with Gasteiger partial charge in [-0.25, -0.2) is 0 Å². The highest BCUT2D eigenvalue weighted by atomic mass is 16.1. The van der Waals surface area contributed by atoms with E-state index in [1.165, 1.54) is 5.56 Å². The molecule has 0 fully saturated rings. The molecular formula is C18H20O. The van der Waals surface area contributed by atoms with E-state index in [1.807, 2.05) is 42.5 Å². The van der Waals surface area contributed by atoms with Crippen LogP contribution in [0.5, 0.6) is 0 Å². The molecule has 98 valence electrons. The van der Waals surface area contributed by atoms with Gasteiger partial charge in [0, 0.05) is 11.1 Å². The summed E-state index contributed by atoms with van der Waals surface area (Å²) in [4.78, 5) is 12.5. The fraction of sp³-hybridized carbons (Fsp3) is 0.278.